The molecule has 1 aliphatic rings. The van der Waals surface area contributed by atoms with Gasteiger partial charge >= 0.3 is 0 Å². The summed E-state index contributed by atoms with van der Waals surface area (Å²) >= 11 is 1.39. The number of nitrogens with two attached hydrogens (primary N) is 1. The fourth-order valence-corrected chi connectivity index (χ4v) is 1.41. The van der Waals surface area contributed by atoms with Crippen LogP contribution in [0.2, 0.25) is 0 Å². The fraction of sp³-hybridized carbons (Fsp3) is 0.667. The molecule has 2 N–H and O–H groups in total. The van der Waals surface area contributed by atoms with Crippen LogP contribution < -0.4 is 5.73 Å². The molecule has 0 bridgehead atoms. The average molecular weight is 155 g/mol. The minimum Gasteiger partial charge on any atom is -0.325 e. The molecular weight excluding hydrogens is 146 g/mol. The van der Waals surface area contributed by atoms with Gasteiger partial charge in [0.15, 0.2) is 0 Å². The van der Waals surface area contributed by atoms with Gasteiger partial charge in [-0.2, -0.15) is 0 Å². The van der Waals surface area contributed by atoms with E-state index in [0.29, 0.717) is 0 Å². The largest absolute Gasteiger partial charge is 0.325 e. The highest BCUT2D eigenvalue weighted by Gasteiger charge is 2.38. The Labute approximate surface area is 63.4 Å². The number of hydrogen-bond donors (Lipinski definition) is 1. The molecule has 1 aromatic heterocycles. The lowest BCUT2D eigenvalue weighted by Crippen LogP contribution is -2.24. The molecule has 3 nitrogen and oxygen atoms in total. The molecular formula is C6H9N3S. The predicted molar refractivity (Wildman–Crippen MR) is 39.8 cm³/mol. The first-order chi connectivity index (χ1) is 4.79. The van der Waals surface area contributed by atoms with Crippen molar-refractivity contribution in [3.05, 3.63) is 11.1 Å². The zero-order chi connectivity index (χ0) is 7.03. The van der Waals surface area contributed by atoms with E-state index in [2.05, 4.69) is 9.59 Å². The Morgan fingerprint density at radius 2 is 2.50 bits per heavy atom. The number of rotatable bonds is 2. The lowest BCUT2D eigenvalue weighted by molar-refractivity contribution is 0.657. The number of hydrogen-bond acceptors (Lipinski definition) is 4. The summed E-state index contributed by atoms with van der Waals surface area (Å²) in [6.07, 6.45) is 3.19. The highest BCUT2D eigenvalue weighted by molar-refractivity contribution is 7.03. The Balaban J connectivity index is 2.04. The molecule has 0 aromatic carbocycles. The Bertz CT molecular complexity index is 215. The van der Waals surface area contributed by atoms with Crippen LogP contribution in [0, 0.1) is 0 Å². The first-order valence-electron chi connectivity index (χ1n) is 3.33. The van der Waals surface area contributed by atoms with Gasteiger partial charge in [0.25, 0.3) is 0 Å². The van der Waals surface area contributed by atoms with Gasteiger partial charge in [-0.1, -0.05) is 4.49 Å². The highest BCUT2D eigenvalue weighted by atomic mass is 32.1. The van der Waals surface area contributed by atoms with E-state index in [4.69, 9.17) is 5.73 Å². The molecule has 0 atom stereocenters. The molecule has 1 fully saturated rings. The van der Waals surface area contributed by atoms with Crippen molar-refractivity contribution in [1.82, 2.24) is 9.59 Å². The van der Waals surface area contributed by atoms with Gasteiger partial charge in [0, 0.05) is 17.3 Å². The summed E-state index contributed by atoms with van der Waals surface area (Å²) < 4.78 is 3.77. The van der Waals surface area contributed by atoms with Gasteiger partial charge in [-0.05, 0) is 24.4 Å². The molecule has 0 amide bonds. The highest BCUT2D eigenvalue weighted by Crippen LogP contribution is 2.35. The smallest absolute Gasteiger partial charge is 0.0773 e. The molecule has 0 saturated heterocycles. The van der Waals surface area contributed by atoms with Gasteiger partial charge in [0.1, 0.15) is 0 Å². The second kappa shape index (κ2) is 2.00. The minimum absolute atomic E-state index is 0.0791. The number of nitrogens with zero attached hydrogens (tertiary/aromatic N) is 2. The molecule has 0 spiro atoms. The maximum atomic E-state index is 5.87. The summed E-state index contributed by atoms with van der Waals surface area (Å²) in [6, 6.07) is 0. The van der Waals surface area contributed by atoms with Crippen molar-refractivity contribution in [3.8, 4) is 0 Å². The Morgan fingerprint density at radius 1 is 1.70 bits per heavy atom. The fourth-order valence-electron chi connectivity index (χ4n) is 0.959. The maximum Gasteiger partial charge on any atom is 0.0773 e. The van der Waals surface area contributed by atoms with Gasteiger partial charge in [0.2, 0.25) is 0 Å². The van der Waals surface area contributed by atoms with E-state index in [1.807, 2.05) is 5.38 Å². The van der Waals surface area contributed by atoms with Gasteiger partial charge in [-0.3, -0.25) is 0 Å². The Morgan fingerprint density at radius 3 is 3.00 bits per heavy atom. The van der Waals surface area contributed by atoms with Gasteiger partial charge in [0.05, 0.1) is 5.69 Å². The van der Waals surface area contributed by atoms with Crippen LogP contribution in [-0.4, -0.2) is 15.1 Å². The Kier molecular flexibility index (Phi) is 1.25. The first-order valence-corrected chi connectivity index (χ1v) is 4.17. The molecule has 54 valence electrons. The monoisotopic (exact) mass is 155 g/mol. The molecule has 1 saturated carbocycles. The first kappa shape index (κ1) is 6.24. The van der Waals surface area contributed by atoms with Crippen molar-refractivity contribution < 1.29 is 0 Å². The summed E-state index contributed by atoms with van der Waals surface area (Å²) in [4.78, 5) is 0. The standard InChI is InChI=1S/C6H9N3S/c7-6(1-2-6)3-5-4-10-9-8-5/h4H,1-3,7H2. The van der Waals surface area contributed by atoms with Crippen molar-refractivity contribution >= 4 is 11.5 Å². The van der Waals surface area contributed by atoms with Crippen LogP contribution in [0.5, 0.6) is 0 Å². The van der Waals surface area contributed by atoms with Crippen molar-refractivity contribution in [1.29, 1.82) is 0 Å². The summed E-state index contributed by atoms with van der Waals surface area (Å²) in [6.45, 7) is 0. The normalized spacial score (nSPS) is 20.9. The van der Waals surface area contributed by atoms with Gasteiger partial charge in [-0.15, -0.1) is 5.10 Å². The summed E-state index contributed by atoms with van der Waals surface area (Å²) in [5.74, 6) is 0. The molecule has 4 heteroatoms. The third kappa shape index (κ3) is 1.17. The van der Waals surface area contributed by atoms with Gasteiger partial charge < -0.3 is 5.73 Å². The summed E-state index contributed by atoms with van der Waals surface area (Å²) in [5.41, 5.74) is 7.00. The molecule has 0 unspecified atom stereocenters. The second-order valence-corrected chi connectivity index (χ2v) is 3.55. The van der Waals surface area contributed by atoms with Crippen LogP contribution in [-0.2, 0) is 6.42 Å². The van der Waals surface area contributed by atoms with E-state index in [-0.39, 0.29) is 5.54 Å². The van der Waals surface area contributed by atoms with Crippen LogP contribution >= 0.6 is 11.5 Å². The van der Waals surface area contributed by atoms with Crippen molar-refractivity contribution in [3.63, 3.8) is 0 Å². The van der Waals surface area contributed by atoms with Gasteiger partial charge in [-0.25, -0.2) is 0 Å². The van der Waals surface area contributed by atoms with E-state index in [9.17, 15) is 0 Å². The maximum absolute atomic E-state index is 5.87. The van der Waals surface area contributed by atoms with Crippen LogP contribution in [0.1, 0.15) is 18.5 Å². The topological polar surface area (TPSA) is 51.8 Å². The molecule has 10 heavy (non-hydrogen) atoms. The molecule has 0 radical (unpaired) electrons. The minimum atomic E-state index is 0.0791. The van der Waals surface area contributed by atoms with E-state index >= 15 is 0 Å². The zero-order valence-corrected chi connectivity index (χ0v) is 6.40. The van der Waals surface area contributed by atoms with Crippen molar-refractivity contribution in [2.75, 3.05) is 0 Å². The lowest BCUT2D eigenvalue weighted by Gasteiger charge is -2.02. The average Bonchev–Trinajstić information content (AvgIpc) is 2.47. The van der Waals surface area contributed by atoms with Crippen LogP contribution in [0.4, 0.5) is 0 Å². The lowest BCUT2D eigenvalue weighted by atomic mass is 10.1. The van der Waals surface area contributed by atoms with Crippen molar-refractivity contribution in [2.24, 2.45) is 5.73 Å². The molecule has 1 aliphatic carbocycles. The molecule has 0 aliphatic heterocycles. The summed E-state index contributed by atoms with van der Waals surface area (Å²) in [7, 11) is 0. The quantitative estimate of drug-likeness (QED) is 0.679. The SMILES string of the molecule is NC1(Cc2csnn2)CC1. The summed E-state index contributed by atoms with van der Waals surface area (Å²) in [5, 5.41) is 5.90. The van der Waals surface area contributed by atoms with Crippen LogP contribution in [0.15, 0.2) is 5.38 Å². The van der Waals surface area contributed by atoms with Crippen LogP contribution in [0.25, 0.3) is 0 Å². The molecule has 1 heterocycles. The van der Waals surface area contributed by atoms with Crippen molar-refractivity contribution in [2.45, 2.75) is 24.8 Å². The number of aromatic nitrogens is 2. The van der Waals surface area contributed by atoms with E-state index in [0.717, 1.165) is 25.0 Å². The van der Waals surface area contributed by atoms with E-state index in [1.165, 1.54) is 11.5 Å². The predicted octanol–water partition coefficient (Wildman–Crippen LogP) is 0.572. The second-order valence-electron chi connectivity index (χ2n) is 2.94. The molecule has 1 aromatic rings. The van der Waals surface area contributed by atoms with E-state index in [1.54, 1.807) is 0 Å². The third-order valence-electron chi connectivity index (χ3n) is 1.83. The molecule has 2 rings (SSSR count). The Hall–Kier alpha value is -0.480. The van der Waals surface area contributed by atoms with E-state index < -0.39 is 0 Å². The third-order valence-corrected chi connectivity index (χ3v) is 2.38. The van der Waals surface area contributed by atoms with Crippen LogP contribution in [0.3, 0.4) is 0 Å². The zero-order valence-electron chi connectivity index (χ0n) is 5.58.